The molecule has 2 heteroatoms. The van der Waals surface area contributed by atoms with E-state index < -0.39 is 5.79 Å². The van der Waals surface area contributed by atoms with E-state index in [0.29, 0.717) is 41.4 Å². The molecule has 0 bridgehead atoms. The Balaban J connectivity index is 1.70. The van der Waals surface area contributed by atoms with Gasteiger partial charge in [0.1, 0.15) is 0 Å². The Morgan fingerprint density at radius 1 is 0.913 bits per heavy atom. The monoisotopic (exact) mass is 316 g/mol. The van der Waals surface area contributed by atoms with Crippen LogP contribution in [0.2, 0.25) is 0 Å². The molecule has 0 radical (unpaired) electrons. The van der Waals surface area contributed by atoms with Crippen molar-refractivity contribution in [3.8, 4) is 12.3 Å². The topological polar surface area (TPSA) is 40.5 Å². The van der Waals surface area contributed by atoms with Gasteiger partial charge in [0.15, 0.2) is 5.79 Å². The normalized spacial score (nSPS) is 54.5. The average molecular weight is 316 g/mol. The minimum atomic E-state index is -1.48. The summed E-state index contributed by atoms with van der Waals surface area (Å²) >= 11 is 0. The first-order chi connectivity index (χ1) is 10.8. The van der Waals surface area contributed by atoms with Gasteiger partial charge in [0.05, 0.1) is 0 Å². The lowest BCUT2D eigenvalue weighted by molar-refractivity contribution is -0.312. The minimum Gasteiger partial charge on any atom is -0.365 e. The molecule has 0 aromatic heterocycles. The highest BCUT2D eigenvalue weighted by Crippen LogP contribution is 2.68. The van der Waals surface area contributed by atoms with Crippen molar-refractivity contribution >= 4 is 0 Å². The van der Waals surface area contributed by atoms with Gasteiger partial charge in [-0.05, 0) is 80.5 Å². The predicted molar refractivity (Wildman–Crippen MR) is 91.2 cm³/mol. The lowest BCUT2D eigenvalue weighted by atomic mass is 9.43. The summed E-state index contributed by atoms with van der Waals surface area (Å²) in [6, 6.07) is 0. The van der Waals surface area contributed by atoms with Crippen molar-refractivity contribution < 1.29 is 10.2 Å². The van der Waals surface area contributed by atoms with E-state index in [0.717, 1.165) is 12.8 Å². The van der Waals surface area contributed by atoms with Crippen LogP contribution >= 0.6 is 0 Å². The molecular formula is C21H32O2. The van der Waals surface area contributed by atoms with Gasteiger partial charge in [0, 0.05) is 17.8 Å². The maximum Gasteiger partial charge on any atom is 0.168 e. The molecular weight excluding hydrogens is 284 g/mol. The maximum atomic E-state index is 10.9. The number of aliphatic hydroxyl groups is 2. The lowest BCUT2D eigenvalue weighted by Crippen LogP contribution is -2.63. The molecule has 0 aromatic carbocycles. The smallest absolute Gasteiger partial charge is 0.168 e. The SMILES string of the molecule is C#C[C@@H]1CC[C@H]2[C@@H]3CCC4CCCC(O)(O)[C@]4(C)[C@H]3CC[C@]12C. The molecule has 2 N–H and O–H groups in total. The van der Waals surface area contributed by atoms with E-state index in [1.807, 2.05) is 0 Å². The lowest BCUT2D eigenvalue weighted by Gasteiger charge is -2.63. The maximum absolute atomic E-state index is 10.9. The minimum absolute atomic E-state index is 0.293. The molecule has 0 spiro atoms. The van der Waals surface area contributed by atoms with Gasteiger partial charge < -0.3 is 10.2 Å². The molecule has 4 rings (SSSR count). The van der Waals surface area contributed by atoms with Crippen molar-refractivity contribution in [2.75, 3.05) is 0 Å². The van der Waals surface area contributed by atoms with Gasteiger partial charge >= 0.3 is 0 Å². The Hall–Kier alpha value is -0.520. The quantitative estimate of drug-likeness (QED) is 0.524. The average Bonchev–Trinajstić information content (AvgIpc) is 2.85. The Labute approximate surface area is 141 Å². The number of fused-ring (bicyclic) bond motifs is 5. The molecule has 7 atom stereocenters. The van der Waals surface area contributed by atoms with Crippen LogP contribution in [0.3, 0.4) is 0 Å². The van der Waals surface area contributed by atoms with Crippen LogP contribution in [0.15, 0.2) is 0 Å². The van der Waals surface area contributed by atoms with Gasteiger partial charge in [-0.15, -0.1) is 12.3 Å². The largest absolute Gasteiger partial charge is 0.365 e. The van der Waals surface area contributed by atoms with Crippen molar-refractivity contribution in [3.63, 3.8) is 0 Å². The molecule has 0 aromatic rings. The fourth-order valence-corrected chi connectivity index (χ4v) is 7.64. The van der Waals surface area contributed by atoms with Gasteiger partial charge in [-0.25, -0.2) is 0 Å². The zero-order valence-corrected chi connectivity index (χ0v) is 14.7. The second kappa shape index (κ2) is 4.99. The van der Waals surface area contributed by atoms with E-state index in [-0.39, 0.29) is 5.41 Å². The molecule has 4 aliphatic carbocycles. The van der Waals surface area contributed by atoms with E-state index in [1.165, 1.54) is 38.5 Å². The summed E-state index contributed by atoms with van der Waals surface area (Å²) in [4.78, 5) is 0. The highest BCUT2D eigenvalue weighted by Gasteiger charge is 2.65. The van der Waals surface area contributed by atoms with E-state index in [1.54, 1.807) is 0 Å². The van der Waals surface area contributed by atoms with Gasteiger partial charge in [0.2, 0.25) is 0 Å². The van der Waals surface area contributed by atoms with E-state index in [2.05, 4.69) is 19.8 Å². The second-order valence-corrected chi connectivity index (χ2v) is 9.48. The van der Waals surface area contributed by atoms with E-state index >= 15 is 0 Å². The highest BCUT2D eigenvalue weighted by atomic mass is 16.5. The first-order valence-electron chi connectivity index (χ1n) is 9.75. The molecule has 0 saturated heterocycles. The molecule has 4 saturated carbocycles. The van der Waals surface area contributed by atoms with Gasteiger partial charge in [-0.2, -0.15) is 0 Å². The van der Waals surface area contributed by atoms with Gasteiger partial charge in [-0.1, -0.05) is 13.8 Å². The Bertz CT molecular complexity index is 532. The van der Waals surface area contributed by atoms with Crippen molar-refractivity contribution in [1.82, 2.24) is 0 Å². The molecule has 1 unspecified atom stereocenters. The second-order valence-electron chi connectivity index (χ2n) is 9.48. The summed E-state index contributed by atoms with van der Waals surface area (Å²) in [5.41, 5.74) is -0.0227. The third-order valence-electron chi connectivity index (χ3n) is 9.05. The fraction of sp³-hybridized carbons (Fsp3) is 0.905. The molecule has 128 valence electrons. The van der Waals surface area contributed by atoms with Crippen LogP contribution in [-0.2, 0) is 0 Å². The van der Waals surface area contributed by atoms with Crippen LogP contribution in [0.5, 0.6) is 0 Å². The van der Waals surface area contributed by atoms with Crippen molar-refractivity contribution in [3.05, 3.63) is 0 Å². The zero-order chi connectivity index (χ0) is 16.5. The standard InChI is InChI=1S/C21H32O2/c1-4-14-8-10-17-16-9-7-15-6-5-12-21(22,23)20(15,3)18(16)11-13-19(14,17)2/h1,14-18,22-23H,5-13H2,2-3H3/t14-,15?,16+,17+,18+,19-,20+/m1/s1. The number of terminal acetylenes is 1. The molecule has 4 aliphatic rings. The van der Waals surface area contributed by atoms with Crippen LogP contribution in [-0.4, -0.2) is 16.0 Å². The molecule has 0 amide bonds. The van der Waals surface area contributed by atoms with Crippen LogP contribution in [0, 0.1) is 52.8 Å². The van der Waals surface area contributed by atoms with Crippen LogP contribution in [0.25, 0.3) is 0 Å². The summed E-state index contributed by atoms with van der Waals surface area (Å²) in [6.07, 6.45) is 15.7. The summed E-state index contributed by atoms with van der Waals surface area (Å²) in [5.74, 6) is 4.32. The molecule has 0 aliphatic heterocycles. The Morgan fingerprint density at radius 3 is 2.43 bits per heavy atom. The first kappa shape index (κ1) is 16.0. The van der Waals surface area contributed by atoms with Crippen molar-refractivity contribution in [2.24, 2.45) is 40.4 Å². The van der Waals surface area contributed by atoms with E-state index in [9.17, 15) is 10.2 Å². The highest BCUT2D eigenvalue weighted by molar-refractivity contribution is 5.15. The number of rotatable bonds is 0. The molecule has 4 fully saturated rings. The molecule has 23 heavy (non-hydrogen) atoms. The van der Waals surface area contributed by atoms with Crippen molar-refractivity contribution in [1.29, 1.82) is 0 Å². The predicted octanol–water partition coefficient (Wildman–Crippen LogP) is 3.96. The zero-order valence-electron chi connectivity index (χ0n) is 14.7. The fourth-order valence-electron chi connectivity index (χ4n) is 7.64. The van der Waals surface area contributed by atoms with E-state index in [4.69, 9.17) is 6.42 Å². The van der Waals surface area contributed by atoms with Crippen LogP contribution in [0.1, 0.15) is 71.6 Å². The van der Waals surface area contributed by atoms with Crippen molar-refractivity contribution in [2.45, 2.75) is 77.4 Å². The Kier molecular flexibility index (Phi) is 3.47. The van der Waals surface area contributed by atoms with Crippen LogP contribution < -0.4 is 0 Å². The summed E-state index contributed by atoms with van der Waals surface area (Å²) < 4.78 is 0. The summed E-state index contributed by atoms with van der Waals surface area (Å²) in [5, 5.41) is 21.8. The number of hydrogen-bond acceptors (Lipinski definition) is 2. The summed E-state index contributed by atoms with van der Waals surface area (Å²) in [7, 11) is 0. The van der Waals surface area contributed by atoms with Gasteiger partial charge in [-0.3, -0.25) is 0 Å². The molecule has 2 nitrogen and oxygen atoms in total. The van der Waals surface area contributed by atoms with Crippen LogP contribution in [0.4, 0.5) is 0 Å². The third kappa shape index (κ3) is 1.90. The number of hydrogen-bond donors (Lipinski definition) is 2. The van der Waals surface area contributed by atoms with Gasteiger partial charge in [0.25, 0.3) is 0 Å². The Morgan fingerprint density at radius 2 is 1.70 bits per heavy atom. The third-order valence-corrected chi connectivity index (χ3v) is 9.05. The molecule has 0 heterocycles. The summed E-state index contributed by atoms with van der Waals surface area (Å²) in [6.45, 7) is 4.62. The first-order valence-corrected chi connectivity index (χ1v) is 9.75.